The second-order valence-electron chi connectivity index (χ2n) is 8.23. The Hall–Kier alpha value is -4.10. The summed E-state index contributed by atoms with van der Waals surface area (Å²) in [5, 5.41) is 1.70. The van der Waals surface area contributed by atoms with Crippen LogP contribution in [0, 0.1) is 6.92 Å². The summed E-state index contributed by atoms with van der Waals surface area (Å²) in [4.78, 5) is 12.8. The molecule has 7 heteroatoms. The van der Waals surface area contributed by atoms with Gasteiger partial charge in [0.2, 0.25) is 0 Å². The predicted molar refractivity (Wildman–Crippen MR) is 137 cm³/mol. The molecule has 3 aromatic carbocycles. The molecule has 0 fully saturated rings. The molecule has 0 N–H and O–H groups in total. The molecule has 0 spiro atoms. The van der Waals surface area contributed by atoms with Crippen LogP contribution >= 0.6 is 0 Å². The molecule has 0 bridgehead atoms. The van der Waals surface area contributed by atoms with Crippen molar-refractivity contribution in [1.29, 1.82) is 0 Å². The minimum atomic E-state index is -3.56. The van der Waals surface area contributed by atoms with Gasteiger partial charge < -0.3 is 4.74 Å². The van der Waals surface area contributed by atoms with Crippen molar-refractivity contribution in [3.63, 3.8) is 0 Å². The number of sulfone groups is 1. The Morgan fingerprint density at radius 2 is 1.71 bits per heavy atom. The number of fused-ring (bicyclic) bond motifs is 1. The van der Waals surface area contributed by atoms with E-state index < -0.39 is 9.84 Å². The molecule has 0 radical (unpaired) electrons. The lowest BCUT2D eigenvalue weighted by molar-refractivity contribution is 0.416. The van der Waals surface area contributed by atoms with Crippen molar-refractivity contribution in [2.75, 3.05) is 7.11 Å². The molecule has 5 aromatic rings. The smallest absolute Gasteiger partial charge is 0.184 e. The Morgan fingerprint density at radius 3 is 2.49 bits per heavy atom. The fraction of sp³-hybridized carbons (Fsp3) is 0.107. The zero-order valence-electron chi connectivity index (χ0n) is 19.3. The van der Waals surface area contributed by atoms with Crippen LogP contribution in [0.4, 0.5) is 0 Å². The first-order chi connectivity index (χ1) is 17.0. The Kier molecular flexibility index (Phi) is 6.01. The molecule has 2 aromatic heterocycles. The fourth-order valence-electron chi connectivity index (χ4n) is 4.23. The Labute approximate surface area is 204 Å². The summed E-state index contributed by atoms with van der Waals surface area (Å²) in [6.07, 6.45) is 4.61. The average Bonchev–Trinajstić information content (AvgIpc) is 2.88. The van der Waals surface area contributed by atoms with E-state index in [1.54, 1.807) is 31.5 Å². The lowest BCUT2D eigenvalue weighted by Crippen LogP contribution is -2.06. The summed E-state index contributed by atoms with van der Waals surface area (Å²) in [5.74, 6) is 0.640. The number of hydrogen-bond acceptors (Lipinski definition) is 6. The summed E-state index contributed by atoms with van der Waals surface area (Å²) < 4.78 is 31.5. The number of nitrogens with zero attached hydrogens (tertiary/aromatic N) is 3. The van der Waals surface area contributed by atoms with E-state index >= 15 is 0 Å². The first-order valence-electron chi connectivity index (χ1n) is 11.1. The number of benzene rings is 3. The van der Waals surface area contributed by atoms with E-state index in [1.165, 1.54) is 12.5 Å². The molecule has 0 aliphatic carbocycles. The lowest BCUT2D eigenvalue weighted by atomic mass is 9.95. The largest absolute Gasteiger partial charge is 0.496 e. The minimum absolute atomic E-state index is 0.178. The molecule has 0 atom stereocenters. The maximum atomic E-state index is 13.0. The number of methoxy groups -OCH3 is 1. The van der Waals surface area contributed by atoms with Crippen LogP contribution in [0.1, 0.15) is 11.3 Å². The van der Waals surface area contributed by atoms with Gasteiger partial charge in [0.05, 0.1) is 29.1 Å². The summed E-state index contributed by atoms with van der Waals surface area (Å²) >= 11 is 0. The molecular weight excluding hydrogens is 458 g/mol. The third kappa shape index (κ3) is 4.50. The molecule has 0 aliphatic heterocycles. The molecule has 0 amide bonds. The predicted octanol–water partition coefficient (Wildman–Crippen LogP) is 5.65. The zero-order valence-corrected chi connectivity index (χ0v) is 20.2. The van der Waals surface area contributed by atoms with Crippen molar-refractivity contribution in [2.24, 2.45) is 0 Å². The Morgan fingerprint density at radius 1 is 0.857 bits per heavy atom. The van der Waals surface area contributed by atoms with E-state index in [9.17, 15) is 8.42 Å². The molecule has 2 heterocycles. The van der Waals surface area contributed by atoms with E-state index in [1.807, 2.05) is 36.4 Å². The summed E-state index contributed by atoms with van der Waals surface area (Å²) in [6, 6.07) is 22.8. The van der Waals surface area contributed by atoms with Crippen LogP contribution in [0.3, 0.4) is 0 Å². The van der Waals surface area contributed by atoms with E-state index in [2.05, 4.69) is 40.1 Å². The van der Waals surface area contributed by atoms with Gasteiger partial charge in [-0.15, -0.1) is 0 Å². The van der Waals surface area contributed by atoms with Gasteiger partial charge in [0.1, 0.15) is 12.1 Å². The van der Waals surface area contributed by atoms with Crippen LogP contribution in [0.2, 0.25) is 0 Å². The van der Waals surface area contributed by atoms with Gasteiger partial charge in [-0.05, 0) is 53.8 Å². The third-order valence-electron chi connectivity index (χ3n) is 5.98. The zero-order chi connectivity index (χ0) is 24.4. The normalized spacial score (nSPS) is 11.5. The highest BCUT2D eigenvalue weighted by molar-refractivity contribution is 7.90. The van der Waals surface area contributed by atoms with E-state index in [-0.39, 0.29) is 10.6 Å². The average molecular weight is 482 g/mol. The number of pyridine rings is 1. The van der Waals surface area contributed by atoms with Gasteiger partial charge >= 0.3 is 0 Å². The summed E-state index contributed by atoms with van der Waals surface area (Å²) in [7, 11) is -1.89. The topological polar surface area (TPSA) is 82.0 Å². The van der Waals surface area contributed by atoms with Crippen molar-refractivity contribution in [1.82, 2.24) is 15.0 Å². The quantitative estimate of drug-likeness (QED) is 0.312. The monoisotopic (exact) mass is 481 g/mol. The molecule has 0 unspecified atom stereocenters. The molecule has 5 rings (SSSR count). The van der Waals surface area contributed by atoms with Gasteiger partial charge in [0, 0.05) is 28.9 Å². The maximum Gasteiger partial charge on any atom is 0.184 e. The van der Waals surface area contributed by atoms with E-state index in [0.717, 1.165) is 44.5 Å². The highest BCUT2D eigenvalue weighted by atomic mass is 32.2. The molecule has 0 saturated heterocycles. The number of para-hydroxylation sites is 1. The number of rotatable bonds is 6. The van der Waals surface area contributed by atoms with Gasteiger partial charge in [-0.1, -0.05) is 42.5 Å². The first kappa shape index (κ1) is 22.7. The molecule has 174 valence electrons. The van der Waals surface area contributed by atoms with Crippen molar-refractivity contribution >= 4 is 20.6 Å². The highest BCUT2D eigenvalue weighted by Crippen LogP contribution is 2.35. The van der Waals surface area contributed by atoms with Crippen molar-refractivity contribution in [2.45, 2.75) is 17.6 Å². The van der Waals surface area contributed by atoms with Crippen LogP contribution in [-0.4, -0.2) is 30.5 Å². The molecular formula is C28H23N3O3S. The summed E-state index contributed by atoms with van der Waals surface area (Å²) in [6.45, 7) is 2.05. The van der Waals surface area contributed by atoms with Gasteiger partial charge in [-0.25, -0.2) is 18.4 Å². The minimum Gasteiger partial charge on any atom is -0.496 e. The first-order valence-corrected chi connectivity index (χ1v) is 12.7. The van der Waals surface area contributed by atoms with Gasteiger partial charge in [-0.2, -0.15) is 0 Å². The lowest BCUT2D eigenvalue weighted by Gasteiger charge is -2.13. The molecule has 0 aliphatic rings. The van der Waals surface area contributed by atoms with Crippen molar-refractivity contribution in [3.8, 4) is 28.1 Å². The fourth-order valence-corrected chi connectivity index (χ4v) is 5.53. The van der Waals surface area contributed by atoms with Gasteiger partial charge in [0.25, 0.3) is 0 Å². The standard InChI is InChI=1S/C28H23N3O3S/c1-19-15-20(25-5-3-4-6-27(25)34-2)7-9-24(19)28-26-10-8-23(16-21(26)11-14-30-28)35(32,33)17-22-12-13-29-18-31-22/h3-16,18H,17H2,1-2H3. The molecule has 0 saturated carbocycles. The number of aromatic nitrogens is 3. The highest BCUT2D eigenvalue weighted by Gasteiger charge is 2.18. The van der Waals surface area contributed by atoms with Crippen LogP contribution in [0.25, 0.3) is 33.2 Å². The van der Waals surface area contributed by atoms with Crippen molar-refractivity contribution < 1.29 is 13.2 Å². The Balaban J connectivity index is 1.53. The van der Waals surface area contributed by atoms with Crippen LogP contribution < -0.4 is 4.74 Å². The van der Waals surface area contributed by atoms with E-state index in [0.29, 0.717) is 5.69 Å². The second kappa shape index (κ2) is 9.27. The Bertz CT molecular complexity index is 1630. The third-order valence-corrected chi connectivity index (χ3v) is 7.62. The summed E-state index contributed by atoms with van der Waals surface area (Å²) in [5.41, 5.74) is 5.41. The molecule has 35 heavy (non-hydrogen) atoms. The van der Waals surface area contributed by atoms with Gasteiger partial charge in [0.15, 0.2) is 9.84 Å². The SMILES string of the molecule is COc1ccccc1-c1ccc(-c2nccc3cc(S(=O)(=O)Cc4ccncn4)ccc23)c(C)c1. The van der Waals surface area contributed by atoms with Crippen molar-refractivity contribution in [3.05, 3.63) is 103 Å². The molecule has 6 nitrogen and oxygen atoms in total. The number of aryl methyl sites for hydroxylation is 1. The second-order valence-corrected chi connectivity index (χ2v) is 10.2. The number of hydrogen-bond donors (Lipinski definition) is 0. The number of ether oxygens (including phenoxy) is 1. The van der Waals surface area contributed by atoms with Crippen LogP contribution in [-0.2, 0) is 15.6 Å². The van der Waals surface area contributed by atoms with Crippen LogP contribution in [0.15, 0.2) is 96.4 Å². The van der Waals surface area contributed by atoms with Crippen LogP contribution in [0.5, 0.6) is 5.75 Å². The maximum absolute atomic E-state index is 13.0. The van der Waals surface area contributed by atoms with Gasteiger partial charge in [-0.3, -0.25) is 4.98 Å². The van der Waals surface area contributed by atoms with E-state index in [4.69, 9.17) is 4.74 Å².